The molecule has 0 aliphatic heterocycles. The zero-order valence-corrected chi connectivity index (χ0v) is 6.59. The van der Waals surface area contributed by atoms with Crippen molar-refractivity contribution in [2.45, 2.75) is 0 Å². The van der Waals surface area contributed by atoms with E-state index in [4.69, 9.17) is 11.9 Å². The fourth-order valence-corrected chi connectivity index (χ4v) is 0. The number of hydrogen-bond acceptors (Lipinski definition) is 1. The Morgan fingerprint density at radius 2 is 2.00 bits per heavy atom. The molecule has 0 fully saturated rings. The number of carbonyl (C=O) groups excluding carboxylic acids is 1. The molecule has 5 heavy (non-hydrogen) atoms. The molecule has 0 atom stereocenters. The van der Waals surface area contributed by atoms with E-state index in [-0.39, 0.29) is 39.6 Å². The smallest absolute Gasteiger partial charge is 0.0822 e. The first-order chi connectivity index (χ1) is 1.73. The summed E-state index contributed by atoms with van der Waals surface area (Å²) < 4.78 is 5.61. The molecular formula is CH2NOVW-. The van der Waals surface area contributed by atoms with Crippen LogP contribution in [0.5, 0.6) is 0 Å². The van der Waals surface area contributed by atoms with Gasteiger partial charge in [-0.1, -0.05) is 0 Å². The molecule has 0 saturated carbocycles. The number of nitrogens with one attached hydrogen (secondary N) is 1. The molecule has 0 aromatic carbocycles. The Labute approximate surface area is 58.0 Å². The van der Waals surface area contributed by atoms with Gasteiger partial charge in [-0.2, -0.15) is 0 Å². The molecule has 0 bridgehead atoms. The van der Waals surface area contributed by atoms with Crippen LogP contribution in [0.25, 0.3) is 5.73 Å². The minimum absolute atomic E-state index is 0. The summed E-state index contributed by atoms with van der Waals surface area (Å²) in [7, 11) is 0. The van der Waals surface area contributed by atoms with Crippen molar-refractivity contribution < 1.29 is 45.8 Å². The average Bonchev–Trinajstić information content (AvgIpc) is 0.811. The van der Waals surface area contributed by atoms with Crippen LogP contribution in [0, 0.1) is 0 Å². The molecule has 1 amide bonds. The van der Waals surface area contributed by atoms with Gasteiger partial charge in [-0.15, -0.1) is 0 Å². The molecule has 0 heterocycles. The molecule has 0 spiro atoms. The zero-order valence-electron chi connectivity index (χ0n) is 3.26. The molecule has 2 nitrogen and oxygen atoms in total. The van der Waals surface area contributed by atoms with Gasteiger partial charge in [-0.05, 0) is 0 Å². The van der Waals surface area contributed by atoms with Crippen molar-refractivity contribution >= 4 is 6.39 Å². The molecule has 0 unspecified atom stereocenters. The molecular weight excluding hydrogens is 277 g/mol. The van der Waals surface area contributed by atoms with Gasteiger partial charge in [-0.25, -0.2) is 0 Å². The van der Waals surface area contributed by atoms with Gasteiger partial charge in [-0.3, -0.25) is 0 Å². The molecule has 1 radical (unpaired) electrons. The van der Waals surface area contributed by atoms with Crippen LogP contribution >= 0.6 is 0 Å². The summed E-state index contributed by atoms with van der Waals surface area (Å²) in [5.41, 5.74) is 5.61. The van der Waals surface area contributed by atoms with Crippen LogP contribution in [0.2, 0.25) is 0 Å². The third kappa shape index (κ3) is 64.7. The van der Waals surface area contributed by atoms with Gasteiger partial charge in [0, 0.05) is 46.0 Å². The Balaban J connectivity index is -0.0000000450. The Bertz CT molecular complexity index is 38.5. The molecule has 0 saturated heterocycles. The number of hydrogen-bond donors (Lipinski definition) is 0. The predicted octanol–water partition coefficient (Wildman–Crippen LogP) is 0.190. The van der Waals surface area contributed by atoms with Crippen LogP contribution in [0.3, 0.4) is 0 Å². The van der Waals surface area contributed by atoms with Gasteiger partial charge in [0.15, 0.2) is 0 Å². The topological polar surface area (TPSA) is 40.9 Å². The first kappa shape index (κ1) is 9.22. The quantitative estimate of drug-likeness (QED) is 0.584. The molecule has 0 aromatic rings. The van der Waals surface area contributed by atoms with Gasteiger partial charge in [0.2, 0.25) is 0 Å². The molecule has 1 N–H and O–H groups in total. The fourth-order valence-electron chi connectivity index (χ4n) is 0. The van der Waals surface area contributed by atoms with E-state index in [1.165, 1.54) is 0 Å². The zero-order chi connectivity index (χ0) is 3.58. The van der Waals surface area contributed by atoms with E-state index in [1.807, 2.05) is 0 Å². The summed E-state index contributed by atoms with van der Waals surface area (Å²) in [4.78, 5) is 8.78. The Morgan fingerprint density at radius 1 is 2.00 bits per heavy atom. The van der Waals surface area contributed by atoms with Gasteiger partial charge in [0.1, 0.15) is 0 Å². The maximum Gasteiger partial charge on any atom is 0.0822 e. The summed E-state index contributed by atoms with van der Waals surface area (Å²) in [5, 5.41) is 0. The molecule has 0 rings (SSSR count). The van der Waals surface area contributed by atoms with Crippen molar-refractivity contribution in [1.82, 2.24) is 0 Å². The van der Waals surface area contributed by atoms with Crippen LogP contribution in [0.4, 0.5) is 0 Å². The van der Waals surface area contributed by atoms with Gasteiger partial charge in [0.25, 0.3) is 0 Å². The minimum atomic E-state index is -1.33. The molecule has 0 aliphatic carbocycles. The molecule has 0 aliphatic rings. The summed E-state index contributed by atoms with van der Waals surface area (Å²) in [5.74, 6) is 0. The maximum atomic E-state index is 8.78. The van der Waals surface area contributed by atoms with Crippen molar-refractivity contribution in [3.63, 3.8) is 0 Å². The Kier molecular flexibility index (Phi) is 40.3. The van der Waals surface area contributed by atoms with E-state index in [9.17, 15) is 0 Å². The van der Waals surface area contributed by atoms with Crippen LogP contribution in [-0.2, 0) is 44.4 Å². The Hall–Kier alpha value is 0.743. The Morgan fingerprint density at radius 3 is 2.00 bits per heavy atom. The first-order valence-corrected chi connectivity index (χ1v) is 0.454. The number of rotatable bonds is 0. The molecule has 4 heteroatoms. The maximum absolute atomic E-state index is 8.78. The van der Waals surface area contributed by atoms with E-state index in [0.29, 0.717) is 0 Å². The predicted molar refractivity (Wildman–Crippen MR) is 10.4 cm³/mol. The minimum Gasteiger partial charge on any atom is -0.671 e. The van der Waals surface area contributed by atoms with Crippen LogP contribution in [0.1, 0.15) is 1.37 Å². The molecule has 0 aromatic heterocycles. The monoisotopic (exact) mass is 281 g/mol. The third-order valence-corrected chi connectivity index (χ3v) is 0. The van der Waals surface area contributed by atoms with Crippen molar-refractivity contribution in [2.75, 3.05) is 0 Å². The SMILES string of the molecule is [3H]C([NH-])=O.[V].[W]. The number of amides is 1. The van der Waals surface area contributed by atoms with E-state index in [2.05, 4.69) is 0 Å². The van der Waals surface area contributed by atoms with Gasteiger partial charge >= 0.3 is 0 Å². The first-order valence-electron chi connectivity index (χ1n) is 0.954. The van der Waals surface area contributed by atoms with Crippen molar-refractivity contribution in [2.24, 2.45) is 0 Å². The summed E-state index contributed by atoms with van der Waals surface area (Å²) >= 11 is 0. The van der Waals surface area contributed by atoms with Crippen LogP contribution in [-0.4, -0.2) is 6.39 Å². The fraction of sp³-hybridized carbons (Fsp3) is 0. The van der Waals surface area contributed by atoms with E-state index < -0.39 is 6.39 Å². The van der Waals surface area contributed by atoms with Crippen molar-refractivity contribution in [1.29, 1.82) is 0 Å². The summed E-state index contributed by atoms with van der Waals surface area (Å²) in [6.07, 6.45) is -1.33. The normalized spacial score (nSPS) is 5.20. The van der Waals surface area contributed by atoms with Crippen LogP contribution < -0.4 is 0 Å². The second kappa shape index (κ2) is 21.9. The van der Waals surface area contributed by atoms with E-state index in [1.54, 1.807) is 0 Å². The molecule has 29 valence electrons. The van der Waals surface area contributed by atoms with Gasteiger partial charge < -0.3 is 10.5 Å². The average molecular weight is 281 g/mol. The summed E-state index contributed by atoms with van der Waals surface area (Å²) in [6.45, 7) is 0. The largest absolute Gasteiger partial charge is 0.671 e. The summed E-state index contributed by atoms with van der Waals surface area (Å²) in [6, 6.07) is 0. The van der Waals surface area contributed by atoms with Crippen LogP contribution in [0.15, 0.2) is 0 Å². The van der Waals surface area contributed by atoms with E-state index in [0.717, 1.165) is 0 Å². The van der Waals surface area contributed by atoms with Gasteiger partial charge in [0.05, 0.1) is 1.37 Å². The second-order valence-electron chi connectivity index (χ2n) is 0.102. The third-order valence-electron chi connectivity index (χ3n) is 0. The van der Waals surface area contributed by atoms with Crippen molar-refractivity contribution in [3.05, 3.63) is 5.73 Å². The van der Waals surface area contributed by atoms with E-state index >= 15 is 0 Å². The second-order valence-corrected chi connectivity index (χ2v) is 0.102. The van der Waals surface area contributed by atoms with Crippen molar-refractivity contribution in [3.8, 4) is 0 Å². The standard InChI is InChI=1S/CH3NO.V.W/c2-1-3;;/h1H,(H2,2,3);;/p-1/i1T;;. The number of carbonyl (C=O) groups is 1.